The normalized spacial score (nSPS) is 45.6. The lowest BCUT2D eigenvalue weighted by Gasteiger charge is -2.69. The van der Waals surface area contributed by atoms with Crippen LogP contribution in [0.15, 0.2) is 23.3 Å². The maximum Gasteiger partial charge on any atom is 0.317 e. The van der Waals surface area contributed by atoms with Crippen LogP contribution in [0.5, 0.6) is 0 Å². The van der Waals surface area contributed by atoms with Gasteiger partial charge >= 0.3 is 6.03 Å². The van der Waals surface area contributed by atoms with Crippen LogP contribution in [-0.2, 0) is 4.79 Å². The van der Waals surface area contributed by atoms with Crippen LogP contribution in [0.4, 0.5) is 4.79 Å². The Balaban J connectivity index is 1.44. The van der Waals surface area contributed by atoms with Crippen molar-refractivity contribution in [2.24, 2.45) is 44.8 Å². The zero-order valence-electron chi connectivity index (χ0n) is 27.1. The first-order chi connectivity index (χ1) is 19.5. The molecule has 0 aromatic rings. The van der Waals surface area contributed by atoms with Crippen molar-refractivity contribution in [3.8, 4) is 6.07 Å². The molecule has 4 fully saturated rings. The van der Waals surface area contributed by atoms with Gasteiger partial charge in [0.25, 0.3) is 0 Å². The molecule has 1 saturated heterocycles. The Morgan fingerprint density at radius 1 is 1.00 bits per heavy atom. The van der Waals surface area contributed by atoms with E-state index in [4.69, 9.17) is 0 Å². The highest BCUT2D eigenvalue weighted by molar-refractivity contribution is 5.96. The van der Waals surface area contributed by atoms with E-state index < -0.39 is 16.9 Å². The lowest BCUT2D eigenvalue weighted by molar-refractivity contribution is -0.161. The number of piperidine rings is 1. The van der Waals surface area contributed by atoms with Gasteiger partial charge in [-0.3, -0.25) is 4.79 Å². The summed E-state index contributed by atoms with van der Waals surface area (Å²) in [6.45, 7) is 17.5. The van der Waals surface area contributed by atoms with Crippen molar-refractivity contribution < 1.29 is 14.7 Å². The largest absolute Gasteiger partial charge is 0.387 e. The smallest absolute Gasteiger partial charge is 0.317 e. The zero-order chi connectivity index (χ0) is 30.5. The average Bonchev–Trinajstić information content (AvgIpc) is 2.93. The van der Waals surface area contributed by atoms with Gasteiger partial charge in [0.05, 0.1) is 17.7 Å². The van der Waals surface area contributed by atoms with Crippen LogP contribution in [0, 0.1) is 56.2 Å². The van der Waals surface area contributed by atoms with E-state index in [1.54, 1.807) is 0 Å². The summed E-state index contributed by atoms with van der Waals surface area (Å²) in [6, 6.07) is 2.37. The predicted octanol–water partition coefficient (Wildman–Crippen LogP) is 6.95. The third-order valence-corrected chi connectivity index (χ3v) is 14.1. The van der Waals surface area contributed by atoms with Crippen LogP contribution in [0.25, 0.3) is 0 Å². The first-order valence-corrected chi connectivity index (χ1v) is 16.7. The molecule has 3 unspecified atom stereocenters. The van der Waals surface area contributed by atoms with E-state index in [1.807, 2.05) is 17.1 Å². The summed E-state index contributed by atoms with van der Waals surface area (Å²) in [4.78, 5) is 30.4. The number of allylic oxidation sites excluding steroid dienone is 3. The maximum absolute atomic E-state index is 14.7. The van der Waals surface area contributed by atoms with E-state index in [9.17, 15) is 20.0 Å². The fourth-order valence-corrected chi connectivity index (χ4v) is 11.4. The SMILES string of the molecule is CC1(C)CC[C@]2(NC(=O)N3CCCCC3)CC[C@]3(C)C(C(=O)C=C4[C@@]5(C)C=C(C#N)C(O)C(C)(C)[C@@H]5CC[C@]43C)C2C1. The number of carbonyl (C=O) groups excluding carboxylic acids is 2. The summed E-state index contributed by atoms with van der Waals surface area (Å²) in [5, 5.41) is 24.8. The van der Waals surface area contributed by atoms with Gasteiger partial charge in [0.15, 0.2) is 5.78 Å². The molecule has 6 rings (SSSR count). The number of fused-ring (bicyclic) bond motifs is 7. The lowest BCUT2D eigenvalue weighted by atomic mass is 9.35. The second-order valence-electron chi connectivity index (χ2n) is 17.1. The molecule has 8 atom stereocenters. The van der Waals surface area contributed by atoms with E-state index >= 15 is 0 Å². The monoisotopic (exact) mass is 575 g/mol. The summed E-state index contributed by atoms with van der Waals surface area (Å²) in [5.41, 5.74) is -0.0261. The van der Waals surface area contributed by atoms with Crippen molar-refractivity contribution >= 4 is 11.8 Å². The number of nitrogens with one attached hydrogen (secondary N) is 1. The highest BCUT2D eigenvalue weighted by atomic mass is 16.3. The number of likely N-dealkylation sites (tertiary alicyclic amines) is 1. The molecule has 2 amide bonds. The standard InChI is InChI=1S/C36H53N3O3/c1-31(2)13-15-36(38-30(42)39-17-9-8-10-18-39)16-14-35(7)28(24(36)21-31)25(40)19-27-33(5)20-23(22-37)29(41)32(3,4)26(33)11-12-34(27,35)6/h19-20,24,26,28-29,41H,8-18,21H2,1-7H3,(H,38,42)/t24?,26-,28?,29?,33-,34+,35+,36-/m0/s1. The van der Waals surface area contributed by atoms with Gasteiger partial charge in [0.1, 0.15) is 0 Å². The van der Waals surface area contributed by atoms with Crippen molar-refractivity contribution in [2.75, 3.05) is 13.1 Å². The summed E-state index contributed by atoms with van der Waals surface area (Å²) < 4.78 is 0. The number of amides is 2. The minimum atomic E-state index is -0.795. The van der Waals surface area contributed by atoms with Gasteiger partial charge < -0.3 is 15.3 Å². The van der Waals surface area contributed by atoms with Gasteiger partial charge in [-0.05, 0) is 104 Å². The molecule has 0 radical (unpaired) electrons. The first kappa shape index (κ1) is 29.9. The molecule has 3 saturated carbocycles. The molecule has 2 N–H and O–H groups in total. The van der Waals surface area contributed by atoms with Gasteiger partial charge in [0.2, 0.25) is 0 Å². The van der Waals surface area contributed by atoms with Crippen molar-refractivity contribution in [1.29, 1.82) is 5.26 Å². The van der Waals surface area contributed by atoms with Gasteiger partial charge in [-0.2, -0.15) is 5.26 Å². The summed E-state index contributed by atoms with van der Waals surface area (Å²) in [6.07, 6.45) is 13.2. The molecule has 1 aliphatic heterocycles. The van der Waals surface area contributed by atoms with E-state index in [-0.39, 0.29) is 51.4 Å². The number of urea groups is 1. The summed E-state index contributed by atoms with van der Waals surface area (Å²) in [5.74, 6) is 0.297. The molecule has 0 aromatic carbocycles. The minimum absolute atomic E-state index is 0.0684. The molecule has 230 valence electrons. The Morgan fingerprint density at radius 2 is 1.67 bits per heavy atom. The highest BCUT2D eigenvalue weighted by Crippen LogP contribution is 2.73. The van der Waals surface area contributed by atoms with E-state index in [0.29, 0.717) is 5.57 Å². The van der Waals surface area contributed by atoms with Crippen LogP contribution < -0.4 is 5.32 Å². The van der Waals surface area contributed by atoms with Crippen molar-refractivity contribution in [1.82, 2.24) is 10.2 Å². The van der Waals surface area contributed by atoms with Crippen LogP contribution >= 0.6 is 0 Å². The number of rotatable bonds is 1. The number of nitrogens with zero attached hydrogens (tertiary/aromatic N) is 2. The van der Waals surface area contributed by atoms with Crippen LogP contribution in [-0.4, -0.2) is 46.6 Å². The summed E-state index contributed by atoms with van der Waals surface area (Å²) in [7, 11) is 0. The van der Waals surface area contributed by atoms with Gasteiger partial charge in [-0.25, -0.2) is 4.79 Å². The topological polar surface area (TPSA) is 93.4 Å². The predicted molar refractivity (Wildman–Crippen MR) is 164 cm³/mol. The van der Waals surface area contributed by atoms with Crippen LogP contribution in [0.3, 0.4) is 0 Å². The van der Waals surface area contributed by atoms with Crippen molar-refractivity contribution in [3.05, 3.63) is 23.3 Å². The Labute approximate surface area is 253 Å². The molecule has 1 heterocycles. The third-order valence-electron chi connectivity index (χ3n) is 14.1. The van der Waals surface area contributed by atoms with Gasteiger partial charge in [0, 0.05) is 30.0 Å². The fraction of sp³-hybridized carbons (Fsp3) is 0.806. The molecule has 0 spiro atoms. The number of aliphatic hydroxyl groups is 1. The second-order valence-corrected chi connectivity index (χ2v) is 17.1. The van der Waals surface area contributed by atoms with E-state index in [2.05, 4.69) is 59.9 Å². The van der Waals surface area contributed by atoms with Gasteiger partial charge in [-0.15, -0.1) is 0 Å². The second kappa shape index (κ2) is 9.43. The Hall–Kier alpha value is -2.13. The Bertz CT molecular complexity index is 1280. The lowest BCUT2D eigenvalue weighted by Crippen LogP contribution is -2.70. The Kier molecular flexibility index (Phi) is 6.72. The van der Waals surface area contributed by atoms with Crippen LogP contribution in [0.2, 0.25) is 0 Å². The van der Waals surface area contributed by atoms with Gasteiger partial charge in [-0.1, -0.05) is 60.1 Å². The Morgan fingerprint density at radius 3 is 2.33 bits per heavy atom. The number of hydrogen-bond acceptors (Lipinski definition) is 4. The van der Waals surface area contributed by atoms with E-state index in [1.165, 1.54) is 12.0 Å². The number of hydrogen-bond donors (Lipinski definition) is 2. The molecule has 6 nitrogen and oxygen atoms in total. The molecule has 0 bridgehead atoms. The van der Waals surface area contributed by atoms with Crippen LogP contribution in [0.1, 0.15) is 113 Å². The van der Waals surface area contributed by atoms with E-state index in [0.717, 1.165) is 70.9 Å². The number of nitriles is 1. The quantitative estimate of drug-likeness (QED) is 0.354. The maximum atomic E-state index is 14.7. The third kappa shape index (κ3) is 3.97. The number of carbonyl (C=O) groups is 2. The molecular weight excluding hydrogens is 522 g/mol. The minimum Gasteiger partial charge on any atom is -0.387 e. The average molecular weight is 576 g/mol. The first-order valence-electron chi connectivity index (χ1n) is 16.7. The number of aliphatic hydroxyl groups excluding tert-OH is 1. The van der Waals surface area contributed by atoms with Crippen molar-refractivity contribution in [3.63, 3.8) is 0 Å². The molecule has 6 aliphatic rings. The molecular formula is C36H53N3O3. The molecule has 6 heteroatoms. The number of ketones is 1. The molecule has 0 aromatic heterocycles. The zero-order valence-corrected chi connectivity index (χ0v) is 27.1. The summed E-state index contributed by atoms with van der Waals surface area (Å²) >= 11 is 0. The van der Waals surface area contributed by atoms with Crippen molar-refractivity contribution in [2.45, 2.75) is 124 Å². The highest BCUT2D eigenvalue weighted by Gasteiger charge is 2.70. The molecule has 5 aliphatic carbocycles. The molecule has 42 heavy (non-hydrogen) atoms. The fourth-order valence-electron chi connectivity index (χ4n) is 11.4.